The van der Waals surface area contributed by atoms with Gasteiger partial charge in [-0.3, -0.25) is 13.9 Å². The van der Waals surface area contributed by atoms with Crippen LogP contribution in [0.25, 0.3) is 0 Å². The first-order valence-electron chi connectivity index (χ1n) is 15.1. The van der Waals surface area contributed by atoms with E-state index in [4.69, 9.17) is 16.3 Å². The summed E-state index contributed by atoms with van der Waals surface area (Å²) in [6.45, 7) is 5.12. The van der Waals surface area contributed by atoms with Gasteiger partial charge >= 0.3 is 0 Å². The van der Waals surface area contributed by atoms with E-state index >= 15 is 0 Å². The highest BCUT2D eigenvalue weighted by atomic mass is 35.5. The third-order valence-electron chi connectivity index (χ3n) is 8.16. The van der Waals surface area contributed by atoms with E-state index in [9.17, 15) is 18.0 Å². The highest BCUT2D eigenvalue weighted by Gasteiger charge is 2.35. The standard InChI is InChI=1S/C34H42ClN3O5S/c1-5-31(34(40)36-28-9-7-6-8-10-28)37(22-26-13-16-29(43-4)17-14-26)33(39)23-38(32-20-15-27(35)21-25(32)3)44(41,42)30-18-11-24(2)12-19-30/h11-21,28,31H,5-10,22-23H2,1-4H3,(H,36,40). The fourth-order valence-electron chi connectivity index (χ4n) is 5.64. The van der Waals surface area contributed by atoms with Crippen molar-refractivity contribution in [2.45, 2.75) is 82.8 Å². The van der Waals surface area contributed by atoms with Crippen LogP contribution in [0.2, 0.25) is 5.02 Å². The zero-order valence-corrected chi connectivity index (χ0v) is 27.5. The quantitative estimate of drug-likeness (QED) is 0.247. The van der Waals surface area contributed by atoms with Gasteiger partial charge in [0.25, 0.3) is 10.0 Å². The number of anilines is 1. The second kappa shape index (κ2) is 14.9. The number of methoxy groups -OCH3 is 1. The lowest BCUT2D eigenvalue weighted by atomic mass is 9.95. The van der Waals surface area contributed by atoms with Crippen molar-refractivity contribution < 1.29 is 22.7 Å². The number of rotatable bonds is 12. The van der Waals surface area contributed by atoms with Crippen LogP contribution in [0.1, 0.15) is 62.1 Å². The molecule has 8 nitrogen and oxygen atoms in total. The Balaban J connectivity index is 1.73. The molecule has 236 valence electrons. The third-order valence-corrected chi connectivity index (χ3v) is 10.2. The van der Waals surface area contributed by atoms with Crippen LogP contribution in [0.15, 0.2) is 71.6 Å². The lowest BCUT2D eigenvalue weighted by Crippen LogP contribution is -2.54. The first kappa shape index (κ1) is 33.3. The Hall–Kier alpha value is -3.56. The smallest absolute Gasteiger partial charge is 0.264 e. The topological polar surface area (TPSA) is 96.0 Å². The Morgan fingerprint density at radius 1 is 0.977 bits per heavy atom. The number of nitrogens with zero attached hydrogens (tertiary/aromatic N) is 2. The van der Waals surface area contributed by atoms with Crippen LogP contribution in [0.5, 0.6) is 5.75 Å². The van der Waals surface area contributed by atoms with Crippen LogP contribution in [-0.4, -0.2) is 50.9 Å². The normalized spacial score (nSPS) is 14.5. The summed E-state index contributed by atoms with van der Waals surface area (Å²) in [5.41, 5.74) is 2.64. The third kappa shape index (κ3) is 8.12. The molecule has 4 rings (SSSR count). The molecular weight excluding hydrogens is 598 g/mol. The van der Waals surface area contributed by atoms with Crippen molar-refractivity contribution in [1.29, 1.82) is 0 Å². The predicted molar refractivity (Wildman–Crippen MR) is 175 cm³/mol. The summed E-state index contributed by atoms with van der Waals surface area (Å²) in [7, 11) is -2.59. The van der Waals surface area contributed by atoms with Gasteiger partial charge in [0.1, 0.15) is 18.3 Å². The molecule has 0 aliphatic heterocycles. The lowest BCUT2D eigenvalue weighted by molar-refractivity contribution is -0.140. The Labute approximate surface area is 266 Å². The number of nitrogens with one attached hydrogen (secondary N) is 1. The van der Waals surface area contributed by atoms with Gasteiger partial charge in [0.05, 0.1) is 17.7 Å². The van der Waals surface area contributed by atoms with Crippen molar-refractivity contribution in [3.05, 3.63) is 88.4 Å². The van der Waals surface area contributed by atoms with Crippen molar-refractivity contribution in [2.75, 3.05) is 18.0 Å². The number of ether oxygens (including phenoxy) is 1. The van der Waals surface area contributed by atoms with E-state index in [0.29, 0.717) is 28.4 Å². The molecule has 0 saturated heterocycles. The first-order valence-corrected chi connectivity index (χ1v) is 16.9. The minimum Gasteiger partial charge on any atom is -0.497 e. The van der Waals surface area contributed by atoms with Crippen LogP contribution in [0.3, 0.4) is 0 Å². The van der Waals surface area contributed by atoms with Gasteiger partial charge in [-0.25, -0.2) is 8.42 Å². The van der Waals surface area contributed by atoms with Crippen molar-refractivity contribution in [3.63, 3.8) is 0 Å². The van der Waals surface area contributed by atoms with Gasteiger partial charge in [0.2, 0.25) is 11.8 Å². The molecule has 1 aliphatic carbocycles. The summed E-state index contributed by atoms with van der Waals surface area (Å²) in [6.07, 6.45) is 5.46. The summed E-state index contributed by atoms with van der Waals surface area (Å²) in [4.78, 5) is 29.6. The number of aryl methyl sites for hydroxylation is 2. The van der Waals surface area contributed by atoms with Crippen molar-refractivity contribution in [1.82, 2.24) is 10.2 Å². The molecule has 2 amide bonds. The molecule has 1 aliphatic rings. The van der Waals surface area contributed by atoms with Gasteiger partial charge in [-0.2, -0.15) is 0 Å². The van der Waals surface area contributed by atoms with Gasteiger partial charge < -0.3 is 15.0 Å². The van der Waals surface area contributed by atoms with Crippen molar-refractivity contribution >= 4 is 39.1 Å². The number of hydrogen-bond acceptors (Lipinski definition) is 5. The van der Waals surface area contributed by atoms with Crippen molar-refractivity contribution in [2.24, 2.45) is 0 Å². The fourth-order valence-corrected chi connectivity index (χ4v) is 7.35. The van der Waals surface area contributed by atoms with Crippen LogP contribution in [0, 0.1) is 13.8 Å². The zero-order chi connectivity index (χ0) is 31.9. The number of sulfonamides is 1. The number of benzene rings is 3. The number of carbonyl (C=O) groups is 2. The van der Waals surface area contributed by atoms with E-state index in [2.05, 4.69) is 5.32 Å². The molecule has 1 saturated carbocycles. The van der Waals surface area contributed by atoms with Crippen LogP contribution in [0.4, 0.5) is 5.69 Å². The predicted octanol–water partition coefficient (Wildman–Crippen LogP) is 6.42. The molecule has 0 radical (unpaired) electrons. The minimum atomic E-state index is -4.17. The molecule has 1 fully saturated rings. The molecule has 3 aromatic carbocycles. The monoisotopic (exact) mass is 639 g/mol. The van der Waals surface area contributed by atoms with E-state index in [1.165, 1.54) is 17.0 Å². The van der Waals surface area contributed by atoms with Crippen LogP contribution >= 0.6 is 11.6 Å². The second-order valence-electron chi connectivity index (χ2n) is 11.4. The van der Waals surface area contributed by atoms with Gasteiger partial charge in [0.15, 0.2) is 0 Å². The summed E-state index contributed by atoms with van der Waals surface area (Å²) >= 11 is 6.22. The Bertz CT molecular complexity index is 1540. The molecule has 1 atom stereocenters. The van der Waals surface area contributed by atoms with Crippen molar-refractivity contribution in [3.8, 4) is 5.75 Å². The number of carbonyl (C=O) groups excluding carboxylic acids is 2. The summed E-state index contributed by atoms with van der Waals surface area (Å²) in [6, 6.07) is 18.0. The van der Waals surface area contributed by atoms with Crippen LogP contribution < -0.4 is 14.4 Å². The highest BCUT2D eigenvalue weighted by Crippen LogP contribution is 2.30. The molecule has 3 aromatic rings. The molecule has 1 unspecified atom stereocenters. The minimum absolute atomic E-state index is 0.0639. The van der Waals surface area contributed by atoms with Gasteiger partial charge in [-0.15, -0.1) is 0 Å². The van der Waals surface area contributed by atoms with E-state index in [-0.39, 0.29) is 23.4 Å². The Morgan fingerprint density at radius 2 is 1.64 bits per heavy atom. The molecule has 0 heterocycles. The first-order chi connectivity index (χ1) is 21.0. The van der Waals surface area contributed by atoms with Gasteiger partial charge in [-0.1, -0.05) is 67.6 Å². The maximum atomic E-state index is 14.4. The number of amides is 2. The van der Waals surface area contributed by atoms with Gasteiger partial charge in [0, 0.05) is 17.6 Å². The largest absolute Gasteiger partial charge is 0.497 e. The zero-order valence-electron chi connectivity index (χ0n) is 25.9. The molecule has 10 heteroatoms. The van der Waals surface area contributed by atoms with E-state index in [1.54, 1.807) is 56.5 Å². The molecular formula is C34H42ClN3O5S. The fraction of sp³-hybridized carbons (Fsp3) is 0.412. The molecule has 0 spiro atoms. The maximum Gasteiger partial charge on any atom is 0.264 e. The highest BCUT2D eigenvalue weighted by molar-refractivity contribution is 7.92. The molecule has 1 N–H and O–H groups in total. The van der Waals surface area contributed by atoms with E-state index in [1.807, 2.05) is 26.0 Å². The number of hydrogen-bond donors (Lipinski definition) is 1. The molecule has 0 aromatic heterocycles. The SMILES string of the molecule is CCC(C(=O)NC1CCCCC1)N(Cc1ccc(OC)cc1)C(=O)CN(c1ccc(Cl)cc1C)S(=O)(=O)c1ccc(C)cc1. The summed E-state index contributed by atoms with van der Waals surface area (Å²) in [5.74, 6) is -0.0457. The Morgan fingerprint density at radius 3 is 2.23 bits per heavy atom. The maximum absolute atomic E-state index is 14.4. The molecule has 0 bridgehead atoms. The van der Waals surface area contributed by atoms with Crippen LogP contribution in [-0.2, 0) is 26.2 Å². The van der Waals surface area contributed by atoms with E-state index in [0.717, 1.165) is 47.5 Å². The van der Waals surface area contributed by atoms with E-state index < -0.39 is 28.5 Å². The summed E-state index contributed by atoms with van der Waals surface area (Å²) < 4.78 is 34.7. The second-order valence-corrected chi connectivity index (χ2v) is 13.7. The average Bonchev–Trinajstić information content (AvgIpc) is 3.01. The Kier molecular flexibility index (Phi) is 11.3. The summed E-state index contributed by atoms with van der Waals surface area (Å²) in [5, 5.41) is 3.63. The number of halogens is 1. The average molecular weight is 640 g/mol. The lowest BCUT2D eigenvalue weighted by Gasteiger charge is -2.34. The van der Waals surface area contributed by atoms with Gasteiger partial charge in [-0.05, 0) is 86.7 Å². The molecule has 44 heavy (non-hydrogen) atoms.